The van der Waals surface area contributed by atoms with Gasteiger partial charge in [-0.2, -0.15) is 0 Å². The third-order valence-corrected chi connectivity index (χ3v) is 3.55. The standard InChI is InChI=1S/C13H16F2N2O3.C2H6/c14-11(15)8-16-6-3-9(4-7-16)17-5-1-2-10(12(17)18)13(19)20;1-2/h1-2,5,9,11H,3-4,6-8H2,(H,19,20);1-2H3. The molecule has 1 N–H and O–H groups in total. The van der Waals surface area contributed by atoms with Gasteiger partial charge in [0.25, 0.3) is 12.0 Å². The smallest absolute Gasteiger partial charge is 0.341 e. The van der Waals surface area contributed by atoms with E-state index in [1.54, 1.807) is 11.1 Å². The second-order valence-electron chi connectivity index (χ2n) is 4.86. The zero-order valence-electron chi connectivity index (χ0n) is 12.8. The number of rotatable bonds is 4. The maximum atomic E-state index is 12.3. The molecule has 0 saturated carbocycles. The van der Waals surface area contributed by atoms with Crippen molar-refractivity contribution in [1.82, 2.24) is 9.47 Å². The van der Waals surface area contributed by atoms with Gasteiger partial charge in [-0.15, -0.1) is 0 Å². The number of likely N-dealkylation sites (tertiary alicyclic amines) is 1. The monoisotopic (exact) mass is 316 g/mol. The number of alkyl halides is 2. The molecule has 5 nitrogen and oxygen atoms in total. The Bertz CT molecular complexity index is 538. The molecule has 2 heterocycles. The van der Waals surface area contributed by atoms with Crippen LogP contribution in [0.4, 0.5) is 8.78 Å². The second-order valence-corrected chi connectivity index (χ2v) is 4.86. The summed E-state index contributed by atoms with van der Waals surface area (Å²) in [5.74, 6) is -1.25. The lowest BCUT2D eigenvalue weighted by molar-refractivity contribution is 0.0674. The van der Waals surface area contributed by atoms with Crippen LogP contribution in [0.2, 0.25) is 0 Å². The third-order valence-electron chi connectivity index (χ3n) is 3.55. The number of piperidine rings is 1. The Morgan fingerprint density at radius 1 is 1.36 bits per heavy atom. The molecular formula is C15H22F2N2O3. The number of aromatic carboxylic acids is 1. The predicted molar refractivity (Wildman–Crippen MR) is 79.7 cm³/mol. The van der Waals surface area contributed by atoms with E-state index < -0.39 is 18.0 Å². The van der Waals surface area contributed by atoms with E-state index in [1.807, 2.05) is 13.8 Å². The van der Waals surface area contributed by atoms with E-state index >= 15 is 0 Å². The van der Waals surface area contributed by atoms with Gasteiger partial charge in [0, 0.05) is 25.3 Å². The highest BCUT2D eigenvalue weighted by Gasteiger charge is 2.24. The first-order valence-corrected chi connectivity index (χ1v) is 7.44. The highest BCUT2D eigenvalue weighted by Crippen LogP contribution is 2.21. The molecule has 0 unspecified atom stereocenters. The normalized spacial score (nSPS) is 16.2. The maximum absolute atomic E-state index is 12.3. The number of hydrogen-bond donors (Lipinski definition) is 1. The van der Waals surface area contributed by atoms with Crippen LogP contribution in [0.25, 0.3) is 0 Å². The van der Waals surface area contributed by atoms with Crippen molar-refractivity contribution >= 4 is 5.97 Å². The summed E-state index contributed by atoms with van der Waals surface area (Å²) in [5, 5.41) is 8.92. The predicted octanol–water partition coefficient (Wildman–Crippen LogP) is 2.47. The molecule has 124 valence electrons. The summed E-state index contributed by atoms with van der Waals surface area (Å²) in [6.45, 7) is 4.72. The molecule has 0 aromatic carbocycles. The summed E-state index contributed by atoms with van der Waals surface area (Å²) in [5.41, 5.74) is -0.796. The molecule has 0 amide bonds. The van der Waals surface area contributed by atoms with E-state index in [9.17, 15) is 18.4 Å². The van der Waals surface area contributed by atoms with Crippen LogP contribution in [0.3, 0.4) is 0 Å². The number of aromatic nitrogens is 1. The highest BCUT2D eigenvalue weighted by molar-refractivity contribution is 5.86. The Kier molecular flexibility index (Phi) is 7.17. The van der Waals surface area contributed by atoms with Gasteiger partial charge in [-0.05, 0) is 25.0 Å². The fourth-order valence-corrected chi connectivity index (χ4v) is 2.54. The lowest BCUT2D eigenvalue weighted by Gasteiger charge is -2.32. The minimum atomic E-state index is -2.36. The fourth-order valence-electron chi connectivity index (χ4n) is 2.54. The third kappa shape index (κ3) is 4.62. The van der Waals surface area contributed by atoms with Crippen LogP contribution < -0.4 is 5.56 Å². The van der Waals surface area contributed by atoms with Crippen LogP contribution in [-0.2, 0) is 0 Å². The van der Waals surface area contributed by atoms with Gasteiger partial charge in [-0.3, -0.25) is 9.69 Å². The molecule has 0 spiro atoms. The molecule has 22 heavy (non-hydrogen) atoms. The Balaban J connectivity index is 0.00000116. The number of halogens is 2. The molecule has 1 fully saturated rings. The molecule has 1 saturated heterocycles. The summed E-state index contributed by atoms with van der Waals surface area (Å²) < 4.78 is 26.0. The molecule has 0 bridgehead atoms. The number of pyridine rings is 1. The van der Waals surface area contributed by atoms with E-state index in [4.69, 9.17) is 5.11 Å². The van der Waals surface area contributed by atoms with Gasteiger partial charge in [0.05, 0.1) is 6.54 Å². The van der Waals surface area contributed by atoms with E-state index in [0.29, 0.717) is 25.9 Å². The summed E-state index contributed by atoms with van der Waals surface area (Å²) in [4.78, 5) is 24.6. The van der Waals surface area contributed by atoms with Crippen molar-refractivity contribution in [3.63, 3.8) is 0 Å². The number of hydrogen-bond acceptors (Lipinski definition) is 3. The van der Waals surface area contributed by atoms with Crippen LogP contribution in [0.1, 0.15) is 43.1 Å². The van der Waals surface area contributed by atoms with E-state index in [-0.39, 0.29) is 18.2 Å². The number of carbonyl (C=O) groups is 1. The van der Waals surface area contributed by atoms with Crippen LogP contribution >= 0.6 is 0 Å². The van der Waals surface area contributed by atoms with Gasteiger partial charge >= 0.3 is 5.97 Å². The number of carboxylic acids is 1. The maximum Gasteiger partial charge on any atom is 0.341 e. The van der Waals surface area contributed by atoms with E-state index in [1.165, 1.54) is 16.7 Å². The molecular weight excluding hydrogens is 294 g/mol. The minimum Gasteiger partial charge on any atom is -0.477 e. The molecule has 0 aliphatic carbocycles. The lowest BCUT2D eigenvalue weighted by atomic mass is 10.0. The molecule has 1 aromatic heterocycles. The summed E-state index contributed by atoms with van der Waals surface area (Å²) in [6.07, 6.45) is 0.331. The largest absolute Gasteiger partial charge is 0.477 e. The van der Waals surface area contributed by atoms with Crippen molar-refractivity contribution in [3.8, 4) is 0 Å². The number of carboxylic acid groups (broad SMARTS) is 1. The molecule has 0 radical (unpaired) electrons. The van der Waals surface area contributed by atoms with E-state index in [2.05, 4.69) is 0 Å². The first-order valence-electron chi connectivity index (χ1n) is 7.44. The van der Waals surface area contributed by atoms with Crippen LogP contribution in [0.5, 0.6) is 0 Å². The van der Waals surface area contributed by atoms with Crippen LogP contribution in [-0.4, -0.2) is 46.6 Å². The van der Waals surface area contributed by atoms with E-state index in [0.717, 1.165) is 0 Å². The second kappa shape index (κ2) is 8.63. The lowest BCUT2D eigenvalue weighted by Crippen LogP contribution is -2.40. The Hall–Kier alpha value is -1.76. The Morgan fingerprint density at radius 2 is 1.95 bits per heavy atom. The quantitative estimate of drug-likeness (QED) is 0.927. The molecule has 0 atom stereocenters. The van der Waals surface area contributed by atoms with Crippen LogP contribution in [0, 0.1) is 0 Å². The Morgan fingerprint density at radius 3 is 2.45 bits per heavy atom. The SMILES string of the molecule is CC.O=C(O)c1cccn(C2CCN(CC(F)F)CC2)c1=O. The van der Waals surface area contributed by atoms with Crippen molar-refractivity contribution in [3.05, 3.63) is 34.2 Å². The van der Waals surface area contributed by atoms with Crippen molar-refractivity contribution < 1.29 is 18.7 Å². The van der Waals surface area contributed by atoms with Crippen molar-refractivity contribution in [2.75, 3.05) is 19.6 Å². The Labute approximate surface area is 128 Å². The number of nitrogens with zero attached hydrogens (tertiary/aromatic N) is 2. The van der Waals surface area contributed by atoms with Crippen molar-refractivity contribution in [2.45, 2.75) is 39.2 Å². The minimum absolute atomic E-state index is 0.129. The average molecular weight is 316 g/mol. The topological polar surface area (TPSA) is 62.5 Å². The zero-order chi connectivity index (χ0) is 16.7. The summed E-state index contributed by atoms with van der Waals surface area (Å²) >= 11 is 0. The molecule has 1 aliphatic heterocycles. The van der Waals surface area contributed by atoms with Gasteiger partial charge in [-0.1, -0.05) is 13.8 Å². The van der Waals surface area contributed by atoms with Gasteiger partial charge in [0.1, 0.15) is 5.56 Å². The van der Waals surface area contributed by atoms with Crippen molar-refractivity contribution in [1.29, 1.82) is 0 Å². The van der Waals surface area contributed by atoms with Crippen molar-refractivity contribution in [2.24, 2.45) is 0 Å². The first-order chi connectivity index (χ1) is 10.5. The molecule has 2 rings (SSSR count). The van der Waals surface area contributed by atoms with Gasteiger partial charge in [0.2, 0.25) is 0 Å². The summed E-state index contributed by atoms with van der Waals surface area (Å²) in [7, 11) is 0. The summed E-state index contributed by atoms with van der Waals surface area (Å²) in [6, 6.07) is 2.67. The molecule has 1 aromatic rings. The molecule has 7 heteroatoms. The molecule has 1 aliphatic rings. The zero-order valence-corrected chi connectivity index (χ0v) is 12.8. The highest BCUT2D eigenvalue weighted by atomic mass is 19.3. The van der Waals surface area contributed by atoms with Crippen LogP contribution in [0.15, 0.2) is 23.1 Å². The van der Waals surface area contributed by atoms with Gasteiger partial charge in [0.15, 0.2) is 0 Å². The van der Waals surface area contributed by atoms with Gasteiger partial charge < -0.3 is 9.67 Å². The first kappa shape index (κ1) is 18.3. The fraction of sp³-hybridized carbons (Fsp3) is 0.600. The van der Waals surface area contributed by atoms with Gasteiger partial charge in [-0.25, -0.2) is 13.6 Å². The average Bonchev–Trinajstić information content (AvgIpc) is 2.49.